The summed E-state index contributed by atoms with van der Waals surface area (Å²) in [7, 11) is 0. The number of carbonyl (C=O) groups excluding carboxylic acids is 1. The van der Waals surface area contributed by atoms with E-state index >= 15 is 0 Å². The van der Waals surface area contributed by atoms with Crippen molar-refractivity contribution in [2.75, 3.05) is 0 Å². The molecule has 2 nitrogen and oxygen atoms in total. The molecule has 0 amide bonds. The average Bonchev–Trinajstić information content (AvgIpc) is 2.33. The molecule has 0 N–H and O–H groups in total. The SMILES string of the molecule is CCC1CCC(=O)C(Cc2ccncc2)C1. The van der Waals surface area contributed by atoms with E-state index in [1.165, 1.54) is 12.0 Å². The Bertz CT molecular complexity index is 347. The predicted octanol–water partition coefficient (Wildman–Crippen LogP) is 3.02. The normalized spacial score (nSPS) is 25.7. The summed E-state index contributed by atoms with van der Waals surface area (Å²) in [6.45, 7) is 2.23. The maximum atomic E-state index is 11.8. The van der Waals surface area contributed by atoms with E-state index < -0.39 is 0 Å². The molecule has 1 saturated carbocycles. The minimum atomic E-state index is 0.251. The quantitative estimate of drug-likeness (QED) is 0.779. The van der Waals surface area contributed by atoms with Crippen molar-refractivity contribution < 1.29 is 4.79 Å². The molecule has 1 aliphatic carbocycles. The van der Waals surface area contributed by atoms with Gasteiger partial charge in [0.25, 0.3) is 0 Å². The van der Waals surface area contributed by atoms with Crippen molar-refractivity contribution in [1.82, 2.24) is 4.98 Å². The third-order valence-electron chi connectivity index (χ3n) is 3.68. The van der Waals surface area contributed by atoms with Gasteiger partial charge in [-0.1, -0.05) is 13.3 Å². The average molecular weight is 217 g/mol. The van der Waals surface area contributed by atoms with Crippen molar-refractivity contribution in [2.45, 2.75) is 39.0 Å². The van der Waals surface area contributed by atoms with Crippen LogP contribution >= 0.6 is 0 Å². The van der Waals surface area contributed by atoms with Crippen molar-refractivity contribution in [3.63, 3.8) is 0 Å². The molecule has 1 aromatic rings. The number of hydrogen-bond donors (Lipinski definition) is 0. The topological polar surface area (TPSA) is 30.0 Å². The zero-order chi connectivity index (χ0) is 11.4. The summed E-state index contributed by atoms with van der Waals surface area (Å²) in [5, 5.41) is 0. The predicted molar refractivity (Wildman–Crippen MR) is 64.1 cm³/mol. The van der Waals surface area contributed by atoms with Crippen LogP contribution in [0.4, 0.5) is 0 Å². The molecular weight excluding hydrogens is 198 g/mol. The molecule has 1 fully saturated rings. The van der Waals surface area contributed by atoms with Gasteiger partial charge in [-0.05, 0) is 42.9 Å². The Balaban J connectivity index is 2.00. The van der Waals surface area contributed by atoms with E-state index in [-0.39, 0.29) is 5.92 Å². The van der Waals surface area contributed by atoms with Crippen LogP contribution in [0.15, 0.2) is 24.5 Å². The van der Waals surface area contributed by atoms with E-state index in [0.717, 1.165) is 31.6 Å². The van der Waals surface area contributed by atoms with Gasteiger partial charge in [0.1, 0.15) is 5.78 Å². The molecule has 2 rings (SSSR count). The highest BCUT2D eigenvalue weighted by Gasteiger charge is 2.27. The first-order valence-electron chi connectivity index (χ1n) is 6.21. The summed E-state index contributed by atoms with van der Waals surface area (Å²) in [6.07, 6.45) is 8.69. The number of Topliss-reactive ketones (excluding diaryl/α,β-unsaturated/α-hetero) is 1. The molecule has 0 saturated heterocycles. The second kappa shape index (κ2) is 5.24. The summed E-state index contributed by atoms with van der Waals surface area (Å²) < 4.78 is 0. The van der Waals surface area contributed by atoms with E-state index in [1.807, 2.05) is 12.1 Å². The highest BCUT2D eigenvalue weighted by atomic mass is 16.1. The second-order valence-corrected chi connectivity index (χ2v) is 4.77. The molecule has 1 aliphatic rings. The zero-order valence-electron chi connectivity index (χ0n) is 9.86. The number of nitrogens with zero attached hydrogens (tertiary/aromatic N) is 1. The molecule has 2 atom stereocenters. The molecule has 0 aliphatic heterocycles. The van der Waals surface area contributed by atoms with Crippen molar-refractivity contribution in [1.29, 1.82) is 0 Å². The van der Waals surface area contributed by atoms with Crippen LogP contribution in [-0.2, 0) is 11.2 Å². The molecule has 1 heterocycles. The van der Waals surface area contributed by atoms with Crippen molar-refractivity contribution in [3.8, 4) is 0 Å². The van der Waals surface area contributed by atoms with Crippen LogP contribution < -0.4 is 0 Å². The van der Waals surface area contributed by atoms with Gasteiger partial charge >= 0.3 is 0 Å². The highest BCUT2D eigenvalue weighted by molar-refractivity contribution is 5.82. The Morgan fingerprint density at radius 2 is 2.12 bits per heavy atom. The molecule has 16 heavy (non-hydrogen) atoms. The largest absolute Gasteiger partial charge is 0.299 e. The lowest BCUT2D eigenvalue weighted by molar-refractivity contribution is -0.125. The third-order valence-corrected chi connectivity index (χ3v) is 3.68. The Labute approximate surface area is 97.1 Å². The van der Waals surface area contributed by atoms with Crippen molar-refractivity contribution in [3.05, 3.63) is 30.1 Å². The van der Waals surface area contributed by atoms with Gasteiger partial charge in [-0.15, -0.1) is 0 Å². The maximum Gasteiger partial charge on any atom is 0.136 e. The second-order valence-electron chi connectivity index (χ2n) is 4.77. The maximum absolute atomic E-state index is 11.8. The van der Waals surface area contributed by atoms with E-state index in [4.69, 9.17) is 0 Å². The van der Waals surface area contributed by atoms with Crippen LogP contribution in [0, 0.1) is 11.8 Å². The third kappa shape index (κ3) is 2.69. The van der Waals surface area contributed by atoms with Crippen molar-refractivity contribution in [2.24, 2.45) is 11.8 Å². The van der Waals surface area contributed by atoms with Crippen LogP contribution in [-0.4, -0.2) is 10.8 Å². The fourth-order valence-electron chi connectivity index (χ4n) is 2.57. The Hall–Kier alpha value is -1.18. The Morgan fingerprint density at radius 3 is 2.81 bits per heavy atom. The number of aromatic nitrogens is 1. The van der Waals surface area contributed by atoms with Gasteiger partial charge in [0.05, 0.1) is 0 Å². The molecule has 0 radical (unpaired) electrons. The van der Waals surface area contributed by atoms with Gasteiger partial charge in [-0.3, -0.25) is 9.78 Å². The summed E-state index contributed by atoms with van der Waals surface area (Å²) >= 11 is 0. The molecular formula is C14H19NO. The van der Waals surface area contributed by atoms with Crippen molar-refractivity contribution >= 4 is 5.78 Å². The van der Waals surface area contributed by atoms with Gasteiger partial charge in [-0.25, -0.2) is 0 Å². The van der Waals surface area contributed by atoms with Crippen LogP contribution in [0.2, 0.25) is 0 Å². The number of hydrogen-bond acceptors (Lipinski definition) is 2. The first kappa shape index (κ1) is 11.3. The van der Waals surface area contributed by atoms with Crippen LogP contribution in [0.1, 0.15) is 38.2 Å². The zero-order valence-corrected chi connectivity index (χ0v) is 9.86. The van der Waals surface area contributed by atoms with E-state index in [0.29, 0.717) is 5.78 Å². The monoisotopic (exact) mass is 217 g/mol. The minimum absolute atomic E-state index is 0.251. The fourth-order valence-corrected chi connectivity index (χ4v) is 2.57. The number of ketones is 1. The smallest absolute Gasteiger partial charge is 0.136 e. The van der Waals surface area contributed by atoms with Crippen LogP contribution in [0.3, 0.4) is 0 Å². The highest BCUT2D eigenvalue weighted by Crippen LogP contribution is 2.30. The standard InChI is InChI=1S/C14H19NO/c1-2-11-3-4-14(16)13(9-11)10-12-5-7-15-8-6-12/h5-8,11,13H,2-4,9-10H2,1H3. The van der Waals surface area contributed by atoms with Gasteiger partial charge in [-0.2, -0.15) is 0 Å². The Kier molecular flexibility index (Phi) is 3.70. The molecule has 2 heteroatoms. The van der Waals surface area contributed by atoms with E-state index in [9.17, 15) is 4.79 Å². The molecule has 0 bridgehead atoms. The number of rotatable bonds is 3. The lowest BCUT2D eigenvalue weighted by Crippen LogP contribution is -2.26. The fraction of sp³-hybridized carbons (Fsp3) is 0.571. The van der Waals surface area contributed by atoms with Gasteiger partial charge in [0, 0.05) is 24.7 Å². The first-order chi connectivity index (χ1) is 7.79. The summed E-state index contributed by atoms with van der Waals surface area (Å²) in [5.74, 6) is 1.46. The summed E-state index contributed by atoms with van der Waals surface area (Å²) in [5.41, 5.74) is 1.24. The van der Waals surface area contributed by atoms with E-state index in [1.54, 1.807) is 12.4 Å². The molecule has 0 spiro atoms. The van der Waals surface area contributed by atoms with Gasteiger partial charge in [0.15, 0.2) is 0 Å². The first-order valence-corrected chi connectivity index (χ1v) is 6.21. The van der Waals surface area contributed by atoms with Gasteiger partial charge < -0.3 is 0 Å². The lowest BCUT2D eigenvalue weighted by Gasteiger charge is -2.27. The number of carbonyl (C=O) groups is 1. The summed E-state index contributed by atoms with van der Waals surface area (Å²) in [4.78, 5) is 15.8. The van der Waals surface area contributed by atoms with Crippen LogP contribution in [0.5, 0.6) is 0 Å². The molecule has 0 aromatic carbocycles. The van der Waals surface area contributed by atoms with E-state index in [2.05, 4.69) is 11.9 Å². The summed E-state index contributed by atoms with van der Waals surface area (Å²) in [6, 6.07) is 4.03. The van der Waals surface area contributed by atoms with Crippen LogP contribution in [0.25, 0.3) is 0 Å². The lowest BCUT2D eigenvalue weighted by atomic mass is 9.77. The molecule has 86 valence electrons. The minimum Gasteiger partial charge on any atom is -0.299 e. The van der Waals surface area contributed by atoms with Gasteiger partial charge in [0.2, 0.25) is 0 Å². The Morgan fingerprint density at radius 1 is 1.38 bits per heavy atom. The molecule has 2 unspecified atom stereocenters. The molecule has 1 aromatic heterocycles. The number of pyridine rings is 1.